The first-order valence-electron chi connectivity index (χ1n) is 11.0. The van der Waals surface area contributed by atoms with E-state index in [4.69, 9.17) is 9.47 Å². The van der Waals surface area contributed by atoms with Gasteiger partial charge in [0, 0.05) is 48.9 Å². The Kier molecular flexibility index (Phi) is 9.64. The summed E-state index contributed by atoms with van der Waals surface area (Å²) in [5.41, 5.74) is -0.838. The summed E-state index contributed by atoms with van der Waals surface area (Å²) in [6, 6.07) is 8.30. The lowest BCUT2D eigenvalue weighted by Gasteiger charge is -2.28. The monoisotopic (exact) mass is 552 g/mol. The predicted molar refractivity (Wildman–Crippen MR) is 119 cm³/mol. The zero-order chi connectivity index (χ0) is 28.8. The number of hydrogen-bond donors (Lipinski definition) is 0. The molecule has 0 radical (unpaired) electrons. The summed E-state index contributed by atoms with van der Waals surface area (Å²) in [5, 5.41) is 21.8. The van der Waals surface area contributed by atoms with Crippen molar-refractivity contribution >= 4 is 17.5 Å². The molecule has 15 heteroatoms. The van der Waals surface area contributed by atoms with E-state index in [1.54, 1.807) is 0 Å². The van der Waals surface area contributed by atoms with Crippen molar-refractivity contribution in [3.63, 3.8) is 0 Å². The minimum atomic E-state index is -4.67. The fourth-order valence-corrected chi connectivity index (χ4v) is 3.78. The SMILES string of the molecule is CC(CC(F)(F)F)C(OC(=O)OC(c1ccc([N+](=O)[O-])cc1)C(C)CC(F)(F)F)c1ccc([N+](=O)[O-])cc1. The van der Waals surface area contributed by atoms with Crippen LogP contribution in [0.25, 0.3) is 0 Å². The van der Waals surface area contributed by atoms with Crippen molar-refractivity contribution < 1.29 is 50.5 Å². The van der Waals surface area contributed by atoms with Crippen LogP contribution < -0.4 is 0 Å². The number of nitrogens with zero attached hydrogens (tertiary/aromatic N) is 2. The molecule has 0 aromatic heterocycles. The van der Waals surface area contributed by atoms with E-state index in [1.807, 2.05) is 0 Å². The minimum absolute atomic E-state index is 0.0421. The quantitative estimate of drug-likeness (QED) is 0.129. The smallest absolute Gasteiger partial charge is 0.426 e. The van der Waals surface area contributed by atoms with Crippen LogP contribution >= 0.6 is 0 Å². The van der Waals surface area contributed by atoms with Crippen molar-refractivity contribution in [3.05, 3.63) is 79.9 Å². The number of carbonyl (C=O) groups excluding carboxylic acids is 1. The Hall–Kier alpha value is -3.91. The predicted octanol–water partition coefficient (Wildman–Crippen LogP) is 7.62. The molecule has 0 spiro atoms. The Labute approximate surface area is 211 Å². The molecule has 0 N–H and O–H groups in total. The van der Waals surface area contributed by atoms with Gasteiger partial charge in [0.2, 0.25) is 0 Å². The van der Waals surface area contributed by atoms with Crippen molar-refractivity contribution in [1.29, 1.82) is 0 Å². The van der Waals surface area contributed by atoms with E-state index in [1.165, 1.54) is 0 Å². The number of nitro groups is 2. The van der Waals surface area contributed by atoms with Gasteiger partial charge in [-0.3, -0.25) is 20.2 Å². The number of benzene rings is 2. The Morgan fingerprint density at radius 3 is 1.24 bits per heavy atom. The van der Waals surface area contributed by atoms with Gasteiger partial charge in [-0.15, -0.1) is 0 Å². The second kappa shape index (κ2) is 12.1. The number of rotatable bonds is 10. The molecule has 0 saturated carbocycles. The molecule has 0 bridgehead atoms. The van der Waals surface area contributed by atoms with Gasteiger partial charge in [0.05, 0.1) is 9.85 Å². The number of non-ortho nitro benzene ring substituents is 2. The van der Waals surface area contributed by atoms with Gasteiger partial charge >= 0.3 is 18.5 Å². The van der Waals surface area contributed by atoms with E-state index in [-0.39, 0.29) is 22.5 Å². The molecule has 4 unspecified atom stereocenters. The number of hydrogen-bond acceptors (Lipinski definition) is 7. The largest absolute Gasteiger partial charge is 0.509 e. The average Bonchev–Trinajstić information content (AvgIpc) is 2.78. The van der Waals surface area contributed by atoms with Gasteiger partial charge in [0.25, 0.3) is 11.4 Å². The molecular formula is C23H22F6N2O7. The average molecular weight is 552 g/mol. The lowest BCUT2D eigenvalue weighted by molar-refractivity contribution is -0.385. The fraction of sp³-hybridized carbons (Fsp3) is 0.435. The van der Waals surface area contributed by atoms with Crippen LogP contribution in [0.3, 0.4) is 0 Å². The first-order chi connectivity index (χ1) is 17.5. The van der Waals surface area contributed by atoms with Crippen molar-refractivity contribution in [3.8, 4) is 0 Å². The zero-order valence-corrected chi connectivity index (χ0v) is 19.9. The molecule has 0 saturated heterocycles. The molecule has 0 aliphatic carbocycles. The highest BCUT2D eigenvalue weighted by molar-refractivity contribution is 5.61. The van der Waals surface area contributed by atoms with Crippen LogP contribution in [0, 0.1) is 32.1 Å². The number of nitro benzene ring substituents is 2. The molecule has 0 fully saturated rings. The van der Waals surface area contributed by atoms with E-state index < -0.39 is 65.2 Å². The Bertz CT molecular complexity index is 1030. The van der Waals surface area contributed by atoms with E-state index in [2.05, 4.69) is 0 Å². The van der Waals surface area contributed by atoms with Gasteiger partial charge in [0.1, 0.15) is 12.2 Å². The summed E-state index contributed by atoms with van der Waals surface area (Å²) >= 11 is 0. The molecular weight excluding hydrogens is 530 g/mol. The van der Waals surface area contributed by atoms with Gasteiger partial charge in [-0.2, -0.15) is 26.3 Å². The van der Waals surface area contributed by atoms with Gasteiger partial charge in [-0.05, 0) is 35.4 Å². The Balaban J connectivity index is 2.36. The van der Waals surface area contributed by atoms with E-state index in [0.29, 0.717) is 0 Å². The molecule has 208 valence electrons. The van der Waals surface area contributed by atoms with Gasteiger partial charge in [-0.1, -0.05) is 13.8 Å². The van der Waals surface area contributed by atoms with Crippen LogP contribution in [0.5, 0.6) is 0 Å². The minimum Gasteiger partial charge on any atom is -0.426 e. The third-order valence-corrected chi connectivity index (χ3v) is 5.45. The second-order valence-electron chi connectivity index (χ2n) is 8.62. The fourth-order valence-electron chi connectivity index (χ4n) is 3.78. The lowest BCUT2D eigenvalue weighted by atomic mass is 9.93. The summed E-state index contributed by atoms with van der Waals surface area (Å²) in [6.45, 7) is 2.21. The first kappa shape index (κ1) is 30.3. The summed E-state index contributed by atoms with van der Waals surface area (Å²) < 4.78 is 88.6. The third-order valence-electron chi connectivity index (χ3n) is 5.45. The summed E-state index contributed by atoms with van der Waals surface area (Å²) in [5.74, 6) is -2.82. The number of alkyl halides is 6. The molecule has 0 amide bonds. The molecule has 0 heterocycles. The standard InChI is InChI=1S/C23H22F6N2O7/c1-13(11-22(24,25)26)19(15-3-7-17(8-4-15)30(33)34)37-21(32)38-20(14(2)12-23(27,28)29)16-5-9-18(10-6-16)31(35)36/h3-10,13-14,19-20H,11-12H2,1-2H3. The summed E-state index contributed by atoms with van der Waals surface area (Å²) in [6.07, 6.45) is -17.0. The van der Waals surface area contributed by atoms with E-state index >= 15 is 0 Å². The molecule has 4 atom stereocenters. The van der Waals surface area contributed by atoms with Gasteiger partial charge in [-0.25, -0.2) is 4.79 Å². The maximum absolute atomic E-state index is 13.1. The maximum atomic E-state index is 13.1. The molecule has 2 aromatic carbocycles. The maximum Gasteiger partial charge on any atom is 0.509 e. The molecule has 0 aliphatic heterocycles. The van der Waals surface area contributed by atoms with Gasteiger partial charge in [0.15, 0.2) is 0 Å². The topological polar surface area (TPSA) is 122 Å². The van der Waals surface area contributed by atoms with Crippen LogP contribution in [-0.2, 0) is 9.47 Å². The highest BCUT2D eigenvalue weighted by atomic mass is 19.4. The van der Waals surface area contributed by atoms with Crippen LogP contribution in [-0.4, -0.2) is 28.4 Å². The first-order valence-corrected chi connectivity index (χ1v) is 11.0. The van der Waals surface area contributed by atoms with Gasteiger partial charge < -0.3 is 9.47 Å². The highest BCUT2D eigenvalue weighted by Crippen LogP contribution is 2.38. The van der Waals surface area contributed by atoms with Crippen LogP contribution in [0.1, 0.15) is 50.0 Å². The van der Waals surface area contributed by atoms with Crippen LogP contribution in [0.4, 0.5) is 42.5 Å². The molecule has 38 heavy (non-hydrogen) atoms. The number of carbonyl (C=O) groups is 1. The molecule has 2 aromatic rings. The molecule has 9 nitrogen and oxygen atoms in total. The Morgan fingerprint density at radius 2 is 1.00 bits per heavy atom. The number of ether oxygens (including phenoxy) is 2. The third kappa shape index (κ3) is 9.19. The lowest BCUT2D eigenvalue weighted by Crippen LogP contribution is -2.27. The summed E-state index contributed by atoms with van der Waals surface area (Å²) in [4.78, 5) is 33.0. The Morgan fingerprint density at radius 1 is 0.711 bits per heavy atom. The number of halogens is 6. The van der Waals surface area contributed by atoms with Crippen molar-refractivity contribution in [2.75, 3.05) is 0 Å². The van der Waals surface area contributed by atoms with Crippen LogP contribution in [0.15, 0.2) is 48.5 Å². The second-order valence-corrected chi connectivity index (χ2v) is 8.62. The van der Waals surface area contributed by atoms with Crippen molar-refractivity contribution in [1.82, 2.24) is 0 Å². The van der Waals surface area contributed by atoms with E-state index in [0.717, 1.165) is 62.4 Å². The van der Waals surface area contributed by atoms with E-state index in [9.17, 15) is 51.4 Å². The van der Waals surface area contributed by atoms with Crippen molar-refractivity contribution in [2.45, 2.75) is 51.2 Å². The van der Waals surface area contributed by atoms with Crippen molar-refractivity contribution in [2.24, 2.45) is 11.8 Å². The van der Waals surface area contributed by atoms with Crippen LogP contribution in [0.2, 0.25) is 0 Å². The normalized spacial score (nSPS) is 15.2. The zero-order valence-electron chi connectivity index (χ0n) is 19.9. The molecule has 2 rings (SSSR count). The molecule has 0 aliphatic rings. The highest BCUT2D eigenvalue weighted by Gasteiger charge is 2.38. The summed E-state index contributed by atoms with van der Waals surface area (Å²) in [7, 11) is 0.